The van der Waals surface area contributed by atoms with Crippen LogP contribution in [0.4, 0.5) is 0 Å². The van der Waals surface area contributed by atoms with E-state index in [0.717, 1.165) is 22.5 Å². The number of hydrogen-bond donors (Lipinski definition) is 1. The van der Waals surface area contributed by atoms with Crippen LogP contribution in [0.5, 0.6) is 0 Å². The van der Waals surface area contributed by atoms with E-state index in [9.17, 15) is 9.59 Å². The molecule has 21 heavy (non-hydrogen) atoms. The van der Waals surface area contributed by atoms with Crippen LogP contribution >= 0.6 is 22.9 Å². The molecule has 2 heterocycles. The highest BCUT2D eigenvalue weighted by Crippen LogP contribution is 2.26. The third-order valence-corrected chi connectivity index (χ3v) is 4.43. The highest BCUT2D eigenvalue weighted by Gasteiger charge is 2.35. The molecular weight excluding hydrogens is 312 g/mol. The Bertz CT molecular complexity index is 718. The maximum absolute atomic E-state index is 12.5. The van der Waals surface area contributed by atoms with Crippen LogP contribution in [0.25, 0.3) is 0 Å². The Labute approximate surface area is 129 Å². The second kappa shape index (κ2) is 5.42. The maximum Gasteiger partial charge on any atom is 0.285 e. The van der Waals surface area contributed by atoms with Crippen LogP contribution in [0.3, 0.4) is 0 Å². The van der Waals surface area contributed by atoms with Crippen molar-refractivity contribution in [2.45, 2.75) is 19.0 Å². The van der Waals surface area contributed by atoms with Crippen molar-refractivity contribution in [2.24, 2.45) is 5.73 Å². The van der Waals surface area contributed by atoms with Gasteiger partial charge in [0.1, 0.15) is 6.04 Å². The summed E-state index contributed by atoms with van der Waals surface area (Å²) in [5, 5.41) is 7.51. The second-order valence-corrected chi connectivity index (χ2v) is 6.24. The van der Waals surface area contributed by atoms with Gasteiger partial charge in [-0.05, 0) is 22.7 Å². The molecule has 8 heteroatoms. The minimum absolute atomic E-state index is 0.158. The van der Waals surface area contributed by atoms with E-state index in [1.54, 1.807) is 0 Å². The molecule has 1 aromatic heterocycles. The first-order valence-corrected chi connectivity index (χ1v) is 7.42. The zero-order valence-electron chi connectivity index (χ0n) is 10.8. The third-order valence-electron chi connectivity index (χ3n) is 3.42. The lowest BCUT2D eigenvalue weighted by Gasteiger charge is -2.34. The quantitative estimate of drug-likeness (QED) is 0.901. The van der Waals surface area contributed by atoms with Crippen LogP contribution in [-0.4, -0.2) is 33.0 Å². The summed E-state index contributed by atoms with van der Waals surface area (Å²) in [6.45, 7) is 0.319. The Balaban J connectivity index is 1.96. The number of carbonyl (C=O) groups excluding carboxylic acids is 2. The number of primary amides is 1. The van der Waals surface area contributed by atoms with Gasteiger partial charge >= 0.3 is 0 Å². The van der Waals surface area contributed by atoms with Crippen molar-refractivity contribution in [3.63, 3.8) is 0 Å². The number of rotatable bonds is 2. The zero-order valence-corrected chi connectivity index (χ0v) is 12.4. The van der Waals surface area contributed by atoms with Gasteiger partial charge < -0.3 is 10.6 Å². The van der Waals surface area contributed by atoms with Gasteiger partial charge in [-0.3, -0.25) is 9.59 Å². The van der Waals surface area contributed by atoms with Gasteiger partial charge in [0, 0.05) is 13.0 Å². The normalized spacial score (nSPS) is 17.4. The molecule has 0 aliphatic carbocycles. The summed E-state index contributed by atoms with van der Waals surface area (Å²) >= 11 is 6.69. The smallest absolute Gasteiger partial charge is 0.285 e. The van der Waals surface area contributed by atoms with Gasteiger partial charge in [-0.25, -0.2) is 0 Å². The number of halogens is 1. The van der Waals surface area contributed by atoms with E-state index in [2.05, 4.69) is 10.2 Å². The van der Waals surface area contributed by atoms with E-state index in [4.69, 9.17) is 17.3 Å². The Hall–Kier alpha value is -1.99. The minimum atomic E-state index is -0.685. The average molecular weight is 323 g/mol. The first-order chi connectivity index (χ1) is 10.1. The molecule has 1 aromatic carbocycles. The first-order valence-electron chi connectivity index (χ1n) is 6.22. The molecule has 1 aliphatic heterocycles. The van der Waals surface area contributed by atoms with E-state index < -0.39 is 11.9 Å². The van der Waals surface area contributed by atoms with Gasteiger partial charge in [0.05, 0.1) is 0 Å². The molecule has 3 rings (SSSR count). The number of nitrogens with zero attached hydrogens (tertiary/aromatic N) is 3. The van der Waals surface area contributed by atoms with E-state index in [0.29, 0.717) is 13.0 Å². The van der Waals surface area contributed by atoms with Crippen molar-refractivity contribution < 1.29 is 9.59 Å². The van der Waals surface area contributed by atoms with Crippen molar-refractivity contribution in [3.8, 4) is 0 Å². The van der Waals surface area contributed by atoms with Crippen LogP contribution in [0.1, 0.15) is 20.9 Å². The standard InChI is InChI=1S/C13H11ClN4O2S/c14-13-17-16-11(21-13)12(20)18-6-8-4-2-1-3-7(8)5-9(18)10(15)19/h1-4,9H,5-6H2,(H2,15,19)/t9-/m0/s1. The van der Waals surface area contributed by atoms with Crippen molar-refractivity contribution in [2.75, 3.05) is 0 Å². The van der Waals surface area contributed by atoms with Crippen molar-refractivity contribution in [1.29, 1.82) is 0 Å². The van der Waals surface area contributed by atoms with Crippen LogP contribution in [0, 0.1) is 0 Å². The number of carbonyl (C=O) groups is 2. The zero-order chi connectivity index (χ0) is 15.0. The fourth-order valence-corrected chi connectivity index (χ4v) is 3.19. The Morgan fingerprint density at radius 2 is 2.00 bits per heavy atom. The monoisotopic (exact) mass is 322 g/mol. The first kappa shape index (κ1) is 14.0. The summed E-state index contributed by atoms with van der Waals surface area (Å²) < 4.78 is 0.186. The Morgan fingerprint density at radius 1 is 1.29 bits per heavy atom. The number of nitrogens with two attached hydrogens (primary N) is 1. The molecule has 1 aliphatic rings. The van der Waals surface area contributed by atoms with Crippen LogP contribution in [0.2, 0.25) is 4.47 Å². The molecule has 6 nitrogen and oxygen atoms in total. The second-order valence-electron chi connectivity index (χ2n) is 4.68. The molecule has 0 saturated heterocycles. The van der Waals surface area contributed by atoms with Crippen molar-refractivity contribution in [1.82, 2.24) is 15.1 Å². The molecular formula is C13H11ClN4O2S. The lowest BCUT2D eigenvalue weighted by molar-refractivity contribution is -0.122. The van der Waals surface area contributed by atoms with Gasteiger partial charge in [0.2, 0.25) is 15.4 Å². The number of aromatic nitrogens is 2. The highest BCUT2D eigenvalue weighted by atomic mass is 35.5. The summed E-state index contributed by atoms with van der Waals surface area (Å²) in [6, 6.07) is 6.98. The lowest BCUT2D eigenvalue weighted by atomic mass is 9.93. The van der Waals surface area contributed by atoms with Gasteiger partial charge in [0.15, 0.2) is 0 Å². The Kier molecular flexibility index (Phi) is 3.60. The predicted molar refractivity (Wildman–Crippen MR) is 77.9 cm³/mol. The largest absolute Gasteiger partial charge is 0.368 e. The number of hydrogen-bond acceptors (Lipinski definition) is 5. The Morgan fingerprint density at radius 3 is 2.62 bits per heavy atom. The predicted octanol–water partition coefficient (Wildman–Crippen LogP) is 1.24. The number of amides is 2. The molecule has 0 fully saturated rings. The van der Waals surface area contributed by atoms with E-state index in [1.807, 2.05) is 24.3 Å². The molecule has 2 aromatic rings. The van der Waals surface area contributed by atoms with Crippen molar-refractivity contribution >= 4 is 34.8 Å². The molecule has 0 unspecified atom stereocenters. The third kappa shape index (κ3) is 2.62. The molecule has 0 radical (unpaired) electrons. The van der Waals surface area contributed by atoms with Gasteiger partial charge in [-0.15, -0.1) is 10.2 Å². The summed E-state index contributed by atoms with van der Waals surface area (Å²) in [4.78, 5) is 25.6. The molecule has 108 valence electrons. The fourth-order valence-electron chi connectivity index (χ4n) is 2.41. The van der Waals surface area contributed by atoms with Gasteiger partial charge in [-0.1, -0.05) is 35.6 Å². The summed E-state index contributed by atoms with van der Waals surface area (Å²) in [7, 11) is 0. The minimum Gasteiger partial charge on any atom is -0.368 e. The van der Waals surface area contributed by atoms with Crippen LogP contribution in [0.15, 0.2) is 24.3 Å². The van der Waals surface area contributed by atoms with Gasteiger partial charge in [0.25, 0.3) is 5.91 Å². The number of fused-ring (bicyclic) bond motifs is 1. The van der Waals surface area contributed by atoms with Crippen LogP contribution in [-0.2, 0) is 17.8 Å². The van der Waals surface area contributed by atoms with Crippen LogP contribution < -0.4 is 5.73 Å². The molecule has 0 spiro atoms. The van der Waals surface area contributed by atoms with E-state index in [1.165, 1.54) is 4.90 Å². The molecule has 0 bridgehead atoms. The topological polar surface area (TPSA) is 89.2 Å². The SMILES string of the molecule is NC(=O)[C@@H]1Cc2ccccc2CN1C(=O)c1nnc(Cl)s1. The highest BCUT2D eigenvalue weighted by molar-refractivity contribution is 7.17. The lowest BCUT2D eigenvalue weighted by Crippen LogP contribution is -2.51. The van der Waals surface area contributed by atoms with Gasteiger partial charge in [-0.2, -0.15) is 0 Å². The number of benzene rings is 1. The van der Waals surface area contributed by atoms with Crippen molar-refractivity contribution in [3.05, 3.63) is 44.9 Å². The van der Waals surface area contributed by atoms with E-state index >= 15 is 0 Å². The molecule has 0 saturated carbocycles. The molecule has 1 atom stereocenters. The summed E-state index contributed by atoms with van der Waals surface area (Å²) in [5.74, 6) is -0.911. The maximum atomic E-state index is 12.5. The molecule has 2 amide bonds. The summed E-state index contributed by atoms with van der Waals surface area (Å²) in [6.07, 6.45) is 0.407. The summed E-state index contributed by atoms with van der Waals surface area (Å²) in [5.41, 5.74) is 7.47. The van der Waals surface area contributed by atoms with E-state index in [-0.39, 0.29) is 15.4 Å². The fraction of sp³-hybridized carbons (Fsp3) is 0.231. The average Bonchev–Trinajstić information content (AvgIpc) is 2.91. The molecule has 2 N–H and O–H groups in total.